The van der Waals surface area contributed by atoms with E-state index in [9.17, 15) is 18.4 Å². The molecule has 0 bridgehead atoms. The van der Waals surface area contributed by atoms with Crippen LogP contribution < -0.4 is 16.2 Å². The van der Waals surface area contributed by atoms with Crippen molar-refractivity contribution in [3.05, 3.63) is 69.6 Å². The number of aryl methyl sites for hydroxylation is 1. The summed E-state index contributed by atoms with van der Waals surface area (Å²) in [6.45, 7) is 2.07. The molecule has 1 fully saturated rings. The minimum Gasteiger partial charge on any atom is -0.330 e. The highest BCUT2D eigenvalue weighted by atomic mass is 19.1. The third-order valence-electron chi connectivity index (χ3n) is 5.25. The summed E-state index contributed by atoms with van der Waals surface area (Å²) in [7, 11) is 0. The molecule has 7 nitrogen and oxygen atoms in total. The second kappa shape index (κ2) is 7.32. The topological polar surface area (TPSA) is 93.6 Å². The zero-order valence-electron chi connectivity index (χ0n) is 15.7. The molecule has 1 aromatic carbocycles. The number of anilines is 1. The van der Waals surface area contributed by atoms with Crippen LogP contribution in [0.25, 0.3) is 5.65 Å². The molecular weight excluding hydrogens is 380 g/mol. The Balaban J connectivity index is 1.69. The minimum absolute atomic E-state index is 0.0387. The van der Waals surface area contributed by atoms with Crippen LogP contribution in [0.1, 0.15) is 23.6 Å². The molecule has 150 valence electrons. The average Bonchev–Trinajstić information content (AvgIpc) is 2.69. The Hall–Kier alpha value is -3.20. The van der Waals surface area contributed by atoms with Crippen molar-refractivity contribution < 1.29 is 13.6 Å². The zero-order valence-corrected chi connectivity index (χ0v) is 15.7. The van der Waals surface area contributed by atoms with Crippen molar-refractivity contribution in [3.63, 3.8) is 0 Å². The highest BCUT2D eigenvalue weighted by Crippen LogP contribution is 2.36. The quantitative estimate of drug-likeness (QED) is 0.725. The number of hydrogen-bond acceptors (Lipinski definition) is 5. The number of aromatic nitrogens is 3. The van der Waals surface area contributed by atoms with Crippen LogP contribution in [-0.2, 0) is 4.79 Å². The van der Waals surface area contributed by atoms with Gasteiger partial charge in [-0.05, 0) is 55.3 Å². The van der Waals surface area contributed by atoms with Gasteiger partial charge in [-0.25, -0.2) is 13.8 Å². The van der Waals surface area contributed by atoms with E-state index in [0.29, 0.717) is 11.3 Å². The first-order valence-electron chi connectivity index (χ1n) is 9.20. The Labute approximate surface area is 164 Å². The van der Waals surface area contributed by atoms with Gasteiger partial charge in [-0.15, -0.1) is 5.10 Å². The van der Waals surface area contributed by atoms with Gasteiger partial charge in [0.2, 0.25) is 5.91 Å². The number of carbonyl (C=O) groups excluding carboxylic acids is 1. The van der Waals surface area contributed by atoms with E-state index >= 15 is 0 Å². The number of rotatable bonds is 3. The molecule has 29 heavy (non-hydrogen) atoms. The van der Waals surface area contributed by atoms with Crippen LogP contribution in [0.15, 0.2) is 41.2 Å². The predicted octanol–water partition coefficient (Wildman–Crippen LogP) is 1.77. The normalized spacial score (nSPS) is 19.7. The monoisotopic (exact) mass is 399 g/mol. The van der Waals surface area contributed by atoms with Crippen LogP contribution in [0.4, 0.5) is 14.6 Å². The highest BCUT2D eigenvalue weighted by molar-refractivity contribution is 5.94. The largest absolute Gasteiger partial charge is 0.330 e. The molecule has 1 amide bonds. The summed E-state index contributed by atoms with van der Waals surface area (Å²) in [5, 5.41) is 4.26. The third kappa shape index (κ3) is 3.49. The van der Waals surface area contributed by atoms with Gasteiger partial charge >= 0.3 is 0 Å². The number of piperidine rings is 1. The molecule has 0 spiro atoms. The first-order valence-corrected chi connectivity index (χ1v) is 9.20. The smallest absolute Gasteiger partial charge is 0.274 e. The molecule has 1 aliphatic rings. The van der Waals surface area contributed by atoms with Crippen molar-refractivity contribution in [1.29, 1.82) is 0 Å². The first-order chi connectivity index (χ1) is 13.9. The lowest BCUT2D eigenvalue weighted by Gasteiger charge is -2.37. The Bertz CT molecular complexity index is 1160. The molecule has 2 aromatic heterocycles. The fourth-order valence-electron chi connectivity index (χ4n) is 3.80. The van der Waals surface area contributed by atoms with E-state index in [1.807, 2.05) is 0 Å². The van der Waals surface area contributed by atoms with Crippen molar-refractivity contribution in [2.45, 2.75) is 19.3 Å². The Morgan fingerprint density at radius 2 is 1.97 bits per heavy atom. The lowest BCUT2D eigenvalue weighted by atomic mass is 9.80. The van der Waals surface area contributed by atoms with E-state index in [2.05, 4.69) is 10.1 Å². The first kappa shape index (κ1) is 19.1. The van der Waals surface area contributed by atoms with Gasteiger partial charge < -0.3 is 5.73 Å². The number of amides is 1. The van der Waals surface area contributed by atoms with E-state index in [1.165, 1.54) is 11.0 Å². The van der Waals surface area contributed by atoms with Gasteiger partial charge in [0.1, 0.15) is 11.6 Å². The Kier molecular flexibility index (Phi) is 4.83. The van der Waals surface area contributed by atoms with Crippen LogP contribution in [0.5, 0.6) is 0 Å². The molecule has 9 heteroatoms. The molecule has 3 heterocycles. The van der Waals surface area contributed by atoms with Crippen molar-refractivity contribution in [2.24, 2.45) is 11.7 Å². The highest BCUT2D eigenvalue weighted by Gasteiger charge is 2.37. The van der Waals surface area contributed by atoms with Crippen molar-refractivity contribution in [3.8, 4) is 0 Å². The maximum absolute atomic E-state index is 14.3. The van der Waals surface area contributed by atoms with Gasteiger partial charge in [0.05, 0.1) is 0 Å². The van der Waals surface area contributed by atoms with Crippen LogP contribution in [0, 0.1) is 24.5 Å². The molecular formula is C20H19F2N5O2. The number of carbonyl (C=O) groups is 1. The molecule has 0 radical (unpaired) electrons. The van der Waals surface area contributed by atoms with Crippen molar-refractivity contribution >= 4 is 17.4 Å². The van der Waals surface area contributed by atoms with Crippen LogP contribution in [-0.4, -0.2) is 33.6 Å². The molecule has 0 aliphatic carbocycles. The van der Waals surface area contributed by atoms with Gasteiger partial charge in [-0.3, -0.25) is 14.5 Å². The van der Waals surface area contributed by atoms with Gasteiger partial charge in [-0.1, -0.05) is 0 Å². The Morgan fingerprint density at radius 1 is 1.17 bits per heavy atom. The average molecular weight is 399 g/mol. The van der Waals surface area contributed by atoms with Gasteiger partial charge in [0, 0.05) is 30.6 Å². The van der Waals surface area contributed by atoms with Gasteiger partial charge in [-0.2, -0.15) is 4.52 Å². The van der Waals surface area contributed by atoms with Crippen LogP contribution in [0.3, 0.4) is 0 Å². The fraction of sp³-hybridized carbons (Fsp3) is 0.300. The lowest BCUT2D eigenvalue weighted by Crippen LogP contribution is -2.47. The Morgan fingerprint density at radius 3 is 2.72 bits per heavy atom. The number of nitrogens with zero attached hydrogens (tertiary/aromatic N) is 4. The van der Waals surface area contributed by atoms with E-state index in [-0.39, 0.29) is 48.3 Å². The molecule has 1 saturated heterocycles. The van der Waals surface area contributed by atoms with E-state index < -0.39 is 17.6 Å². The summed E-state index contributed by atoms with van der Waals surface area (Å²) in [6, 6.07) is 7.79. The zero-order chi connectivity index (χ0) is 20.7. The van der Waals surface area contributed by atoms with Crippen molar-refractivity contribution in [2.75, 3.05) is 18.0 Å². The van der Waals surface area contributed by atoms with E-state index in [4.69, 9.17) is 5.73 Å². The number of fused-ring (bicyclic) bond motifs is 1. The van der Waals surface area contributed by atoms with Gasteiger partial charge in [0.25, 0.3) is 5.56 Å². The maximum atomic E-state index is 14.3. The molecule has 0 saturated carbocycles. The van der Waals surface area contributed by atoms with E-state index in [0.717, 1.165) is 22.7 Å². The second-order valence-electron chi connectivity index (χ2n) is 7.17. The number of benzene rings is 1. The number of halogens is 2. The fourth-order valence-corrected chi connectivity index (χ4v) is 3.80. The van der Waals surface area contributed by atoms with Crippen molar-refractivity contribution in [1.82, 2.24) is 14.6 Å². The van der Waals surface area contributed by atoms with E-state index in [1.54, 1.807) is 19.1 Å². The summed E-state index contributed by atoms with van der Waals surface area (Å²) >= 11 is 0. The van der Waals surface area contributed by atoms with Crippen LogP contribution >= 0.6 is 0 Å². The number of hydrogen-bond donors (Lipinski definition) is 1. The standard InChI is InChI=1S/C20H19F2N5O2/c1-11-6-20(29)27-17(24-11)4-5-18(25-27)26-10-12(9-23)14(8-19(26)28)15-7-13(21)2-3-16(15)22/h2-7,12,14H,8-10,23H2,1H3/t12-,14-/m0/s1. The summed E-state index contributed by atoms with van der Waals surface area (Å²) in [4.78, 5) is 30.7. The SMILES string of the molecule is Cc1cc(=O)n2nc(N3C[C@H](CN)[C@@H](c4cc(F)ccc4F)CC3=O)ccc2n1. The molecule has 4 rings (SSSR count). The molecule has 2 N–H and O–H groups in total. The summed E-state index contributed by atoms with van der Waals surface area (Å²) in [5.41, 5.74) is 6.64. The molecule has 3 aromatic rings. The third-order valence-corrected chi connectivity index (χ3v) is 5.25. The van der Waals surface area contributed by atoms with Crippen LogP contribution in [0.2, 0.25) is 0 Å². The molecule has 1 aliphatic heterocycles. The minimum atomic E-state index is -0.564. The summed E-state index contributed by atoms with van der Waals surface area (Å²) in [6.07, 6.45) is -0.0387. The molecule has 0 unspecified atom stereocenters. The maximum Gasteiger partial charge on any atom is 0.274 e. The summed E-state index contributed by atoms with van der Waals surface area (Å²) in [5.74, 6) is -1.98. The second-order valence-corrected chi connectivity index (χ2v) is 7.17. The molecule has 2 atom stereocenters. The number of nitrogens with two attached hydrogens (primary N) is 1. The lowest BCUT2D eigenvalue weighted by molar-refractivity contribution is -0.120. The predicted molar refractivity (Wildman–Crippen MR) is 103 cm³/mol. The van der Waals surface area contributed by atoms with Gasteiger partial charge in [0.15, 0.2) is 11.5 Å². The summed E-state index contributed by atoms with van der Waals surface area (Å²) < 4.78 is 29.0.